The molecule has 0 radical (unpaired) electrons. The van der Waals surface area contributed by atoms with Gasteiger partial charge in [0.1, 0.15) is 5.52 Å². The fraction of sp³-hybridized carbons (Fsp3) is 0. The number of aromatic nitrogens is 7. The van der Waals surface area contributed by atoms with Crippen LogP contribution in [0, 0.1) is 0 Å². The Hall–Kier alpha value is -7.84. The van der Waals surface area contributed by atoms with Crippen LogP contribution in [0.5, 0.6) is 0 Å². The zero-order valence-electron chi connectivity index (χ0n) is 29.8. The van der Waals surface area contributed by atoms with Gasteiger partial charge in [-0.1, -0.05) is 133 Å². The van der Waals surface area contributed by atoms with Crippen LogP contribution >= 0.6 is 0 Å². The molecule has 5 heterocycles. The minimum atomic E-state index is 0.530. The molecular formula is C48H29N7O. The molecule has 6 aromatic carbocycles. The fourth-order valence-corrected chi connectivity index (χ4v) is 7.48. The van der Waals surface area contributed by atoms with Crippen molar-refractivity contribution in [3.05, 3.63) is 176 Å². The Labute approximate surface area is 320 Å². The molecular weight excluding hydrogens is 691 g/mol. The maximum atomic E-state index is 6.01. The monoisotopic (exact) mass is 719 g/mol. The van der Waals surface area contributed by atoms with Crippen LogP contribution in [0.3, 0.4) is 0 Å². The van der Waals surface area contributed by atoms with Gasteiger partial charge in [0.15, 0.2) is 28.9 Å². The van der Waals surface area contributed by atoms with Crippen molar-refractivity contribution in [2.75, 3.05) is 0 Å². The summed E-state index contributed by atoms with van der Waals surface area (Å²) in [4.78, 5) is 29.3. The lowest BCUT2D eigenvalue weighted by atomic mass is 10.1. The summed E-state index contributed by atoms with van der Waals surface area (Å²) in [5.74, 6) is 2.34. The fourth-order valence-electron chi connectivity index (χ4n) is 7.48. The summed E-state index contributed by atoms with van der Waals surface area (Å²) >= 11 is 0. The second-order valence-electron chi connectivity index (χ2n) is 13.6. The molecule has 11 aromatic rings. The van der Waals surface area contributed by atoms with Crippen molar-refractivity contribution in [1.82, 2.24) is 34.5 Å². The predicted molar refractivity (Wildman–Crippen MR) is 222 cm³/mol. The molecule has 8 nitrogen and oxygen atoms in total. The summed E-state index contributed by atoms with van der Waals surface area (Å²) in [6, 6.07) is 55.7. The van der Waals surface area contributed by atoms with E-state index >= 15 is 0 Å². The molecule has 0 aliphatic carbocycles. The Bertz CT molecular complexity index is 3190. The van der Waals surface area contributed by atoms with Crippen LogP contribution in [0.2, 0.25) is 0 Å². The first-order chi connectivity index (χ1) is 27.7. The third kappa shape index (κ3) is 5.39. The number of hydrogen-bond acceptors (Lipinski definition) is 7. The van der Waals surface area contributed by atoms with E-state index in [1.807, 2.05) is 79.0 Å². The lowest BCUT2D eigenvalue weighted by Gasteiger charge is -2.11. The third-order valence-corrected chi connectivity index (χ3v) is 10.2. The highest BCUT2D eigenvalue weighted by Crippen LogP contribution is 2.35. The highest BCUT2D eigenvalue weighted by Gasteiger charge is 2.17. The van der Waals surface area contributed by atoms with Crippen molar-refractivity contribution in [1.29, 1.82) is 0 Å². The summed E-state index contributed by atoms with van der Waals surface area (Å²) < 4.78 is 8.32. The van der Waals surface area contributed by atoms with Gasteiger partial charge in [0, 0.05) is 50.5 Å². The lowest BCUT2D eigenvalue weighted by molar-refractivity contribution is 0.651. The van der Waals surface area contributed by atoms with Gasteiger partial charge in [0.25, 0.3) is 0 Å². The van der Waals surface area contributed by atoms with Crippen molar-refractivity contribution < 1.29 is 4.42 Å². The van der Waals surface area contributed by atoms with E-state index in [0.29, 0.717) is 34.6 Å². The summed E-state index contributed by atoms with van der Waals surface area (Å²) in [7, 11) is 0. The first-order valence-electron chi connectivity index (χ1n) is 18.4. The summed E-state index contributed by atoms with van der Waals surface area (Å²) in [5, 5.41) is 3.27. The standard InChI is InChI=1S/C48H29N7O/c1-3-12-30(13-4-1)35-27-39-43-42(56-48(39)50-28-35)29-49-44(51-43)32-22-24-33(25-23-32)46-52-45(31-14-5-2-6-15-31)53-47(54-46)34-16-11-17-36(26-34)55-40-20-9-7-18-37(40)38-19-8-10-21-41(38)55/h1-29H. The molecule has 262 valence electrons. The van der Waals surface area contributed by atoms with Gasteiger partial charge in [-0.3, -0.25) is 0 Å². The van der Waals surface area contributed by atoms with E-state index in [2.05, 4.69) is 106 Å². The number of benzene rings is 6. The minimum absolute atomic E-state index is 0.530. The van der Waals surface area contributed by atoms with Crippen molar-refractivity contribution >= 4 is 44.0 Å². The van der Waals surface area contributed by atoms with Gasteiger partial charge < -0.3 is 8.98 Å². The summed E-state index contributed by atoms with van der Waals surface area (Å²) in [5.41, 5.74) is 10.7. The van der Waals surface area contributed by atoms with Crippen molar-refractivity contribution in [2.24, 2.45) is 0 Å². The first-order valence-corrected chi connectivity index (χ1v) is 18.4. The predicted octanol–water partition coefficient (Wildman–Crippen LogP) is 11.4. The van der Waals surface area contributed by atoms with Crippen LogP contribution in [0.25, 0.3) is 106 Å². The van der Waals surface area contributed by atoms with Gasteiger partial charge >= 0.3 is 0 Å². The molecule has 0 saturated carbocycles. The topological polar surface area (TPSA) is 95.4 Å². The van der Waals surface area contributed by atoms with Crippen molar-refractivity contribution in [3.63, 3.8) is 0 Å². The average Bonchev–Trinajstić information content (AvgIpc) is 3.82. The number of furan rings is 1. The normalized spacial score (nSPS) is 11.6. The molecule has 5 aromatic heterocycles. The zero-order chi connectivity index (χ0) is 37.0. The number of nitrogens with zero attached hydrogens (tertiary/aromatic N) is 7. The van der Waals surface area contributed by atoms with Crippen LogP contribution in [-0.2, 0) is 0 Å². The number of fused-ring (bicyclic) bond motifs is 6. The second kappa shape index (κ2) is 12.9. The van der Waals surface area contributed by atoms with Gasteiger partial charge in [-0.15, -0.1) is 0 Å². The Kier molecular flexibility index (Phi) is 7.31. The highest BCUT2D eigenvalue weighted by molar-refractivity contribution is 6.09. The van der Waals surface area contributed by atoms with E-state index in [4.69, 9.17) is 24.4 Å². The molecule has 0 unspecified atom stereocenters. The molecule has 0 amide bonds. The third-order valence-electron chi connectivity index (χ3n) is 10.2. The van der Waals surface area contributed by atoms with Crippen LogP contribution in [0.1, 0.15) is 0 Å². The summed E-state index contributed by atoms with van der Waals surface area (Å²) in [6.45, 7) is 0. The number of para-hydroxylation sites is 2. The lowest BCUT2D eigenvalue weighted by Crippen LogP contribution is -2.01. The average molecular weight is 720 g/mol. The first kappa shape index (κ1) is 31.7. The molecule has 8 heteroatoms. The molecule has 0 saturated heterocycles. The van der Waals surface area contributed by atoms with Gasteiger partial charge in [-0.2, -0.15) is 0 Å². The maximum absolute atomic E-state index is 6.01. The van der Waals surface area contributed by atoms with E-state index in [-0.39, 0.29) is 0 Å². The summed E-state index contributed by atoms with van der Waals surface area (Å²) in [6.07, 6.45) is 3.54. The zero-order valence-corrected chi connectivity index (χ0v) is 29.8. The van der Waals surface area contributed by atoms with E-state index in [0.717, 1.165) is 61.0 Å². The van der Waals surface area contributed by atoms with Crippen LogP contribution in [-0.4, -0.2) is 34.5 Å². The number of rotatable bonds is 6. The molecule has 11 rings (SSSR count). The van der Waals surface area contributed by atoms with Gasteiger partial charge in [0.05, 0.1) is 22.6 Å². The van der Waals surface area contributed by atoms with Gasteiger partial charge in [-0.25, -0.2) is 29.9 Å². The van der Waals surface area contributed by atoms with Crippen LogP contribution < -0.4 is 0 Å². The Balaban J connectivity index is 0.988. The Morgan fingerprint density at radius 1 is 0.375 bits per heavy atom. The smallest absolute Gasteiger partial charge is 0.229 e. The van der Waals surface area contributed by atoms with Crippen molar-refractivity contribution in [2.45, 2.75) is 0 Å². The van der Waals surface area contributed by atoms with Gasteiger partial charge in [0.2, 0.25) is 5.71 Å². The number of hydrogen-bond donors (Lipinski definition) is 0. The molecule has 0 atom stereocenters. The van der Waals surface area contributed by atoms with E-state index in [9.17, 15) is 0 Å². The van der Waals surface area contributed by atoms with E-state index < -0.39 is 0 Å². The van der Waals surface area contributed by atoms with Crippen LogP contribution in [0.4, 0.5) is 0 Å². The molecule has 0 N–H and O–H groups in total. The largest absolute Gasteiger partial charge is 0.434 e. The SMILES string of the molecule is c1ccc(-c2cnc3oc4cnc(-c5ccc(-c6nc(-c7ccccc7)nc(-c7cccc(-n8c9ccccc9c9ccccc98)c7)n6)cc5)nc4c3c2)cc1. The Morgan fingerprint density at radius 3 is 1.61 bits per heavy atom. The highest BCUT2D eigenvalue weighted by atomic mass is 16.3. The number of pyridine rings is 1. The Morgan fingerprint density at radius 2 is 0.929 bits per heavy atom. The van der Waals surface area contributed by atoms with Gasteiger partial charge in [-0.05, 0) is 35.9 Å². The molecule has 56 heavy (non-hydrogen) atoms. The maximum Gasteiger partial charge on any atom is 0.229 e. The molecule has 0 fully saturated rings. The van der Waals surface area contributed by atoms with E-state index in [1.165, 1.54) is 10.8 Å². The van der Waals surface area contributed by atoms with Crippen LogP contribution in [0.15, 0.2) is 181 Å². The molecule has 0 aliphatic heterocycles. The molecule has 0 bridgehead atoms. The quantitative estimate of drug-likeness (QED) is 0.169. The second-order valence-corrected chi connectivity index (χ2v) is 13.6. The minimum Gasteiger partial charge on any atom is -0.434 e. The molecule has 0 spiro atoms. The molecule has 0 aliphatic rings. The van der Waals surface area contributed by atoms with E-state index in [1.54, 1.807) is 6.20 Å². The van der Waals surface area contributed by atoms with Crippen molar-refractivity contribution in [3.8, 4) is 62.4 Å².